The highest BCUT2D eigenvalue weighted by Gasteiger charge is 2.29. The molecule has 0 saturated carbocycles. The molecule has 0 saturated heterocycles. The van der Waals surface area contributed by atoms with Crippen LogP contribution < -0.4 is 5.73 Å². The van der Waals surface area contributed by atoms with E-state index < -0.39 is 6.04 Å². The van der Waals surface area contributed by atoms with E-state index in [1.54, 1.807) is 0 Å². The van der Waals surface area contributed by atoms with Crippen LogP contribution in [0.25, 0.3) is 0 Å². The van der Waals surface area contributed by atoms with Gasteiger partial charge in [-0.25, -0.2) is 0 Å². The highest BCUT2D eigenvalue weighted by Crippen LogP contribution is 2.26. The third-order valence-electron chi connectivity index (χ3n) is 3.35. The molecule has 3 nitrogen and oxygen atoms in total. The number of benzene rings is 1. The normalized spacial score (nSPS) is 23.8. The van der Waals surface area contributed by atoms with Crippen molar-refractivity contribution in [1.82, 2.24) is 4.90 Å². The van der Waals surface area contributed by atoms with Crippen LogP contribution in [0.1, 0.15) is 31.9 Å². The van der Waals surface area contributed by atoms with E-state index in [1.807, 2.05) is 29.2 Å². The molecule has 19 heavy (non-hydrogen) atoms. The molecule has 1 heterocycles. The van der Waals surface area contributed by atoms with Gasteiger partial charge in [0, 0.05) is 6.54 Å². The molecule has 0 aromatic heterocycles. The molecular formula is C16H22N2O. The Morgan fingerprint density at radius 2 is 2.00 bits per heavy atom. The first-order valence-corrected chi connectivity index (χ1v) is 6.87. The Hall–Kier alpha value is -1.61. The maximum atomic E-state index is 12.4. The number of carbonyl (C=O) groups is 1. The van der Waals surface area contributed by atoms with Gasteiger partial charge in [-0.2, -0.15) is 0 Å². The van der Waals surface area contributed by atoms with Crippen LogP contribution in [-0.2, 0) is 4.79 Å². The van der Waals surface area contributed by atoms with Crippen LogP contribution in [0.4, 0.5) is 0 Å². The first-order chi connectivity index (χ1) is 9.09. The van der Waals surface area contributed by atoms with E-state index in [0.717, 1.165) is 12.1 Å². The number of rotatable bonds is 3. The number of hydrogen-bond donors (Lipinski definition) is 1. The standard InChI is InChI=1S/C16H22N2O/c1-12(2)11-18-15(13-7-4-3-5-8-13)10-6-9-14(17)16(18)19/h3-8,10,12,14-15H,9,11,17H2,1-2H3/t14?,15-/m0/s1. The van der Waals surface area contributed by atoms with Gasteiger partial charge in [0.25, 0.3) is 0 Å². The summed E-state index contributed by atoms with van der Waals surface area (Å²) in [5.41, 5.74) is 7.08. The van der Waals surface area contributed by atoms with Crippen LogP contribution >= 0.6 is 0 Å². The van der Waals surface area contributed by atoms with Crippen LogP contribution in [0, 0.1) is 5.92 Å². The van der Waals surface area contributed by atoms with Crippen molar-refractivity contribution >= 4 is 5.91 Å². The van der Waals surface area contributed by atoms with Gasteiger partial charge in [-0.3, -0.25) is 4.79 Å². The number of nitrogens with two attached hydrogens (primary N) is 1. The molecule has 102 valence electrons. The summed E-state index contributed by atoms with van der Waals surface area (Å²) in [5, 5.41) is 0. The lowest BCUT2D eigenvalue weighted by Gasteiger charge is -2.32. The summed E-state index contributed by atoms with van der Waals surface area (Å²) in [6.07, 6.45) is 4.75. The Labute approximate surface area is 115 Å². The van der Waals surface area contributed by atoms with E-state index >= 15 is 0 Å². The zero-order valence-corrected chi connectivity index (χ0v) is 11.6. The molecular weight excluding hydrogens is 236 g/mol. The van der Waals surface area contributed by atoms with Crippen molar-refractivity contribution in [2.75, 3.05) is 6.54 Å². The van der Waals surface area contributed by atoms with E-state index in [0.29, 0.717) is 12.3 Å². The monoisotopic (exact) mass is 258 g/mol. The highest BCUT2D eigenvalue weighted by atomic mass is 16.2. The molecule has 1 aromatic rings. The highest BCUT2D eigenvalue weighted by molar-refractivity contribution is 5.83. The van der Waals surface area contributed by atoms with Crippen molar-refractivity contribution in [2.45, 2.75) is 32.4 Å². The number of nitrogens with zero attached hydrogens (tertiary/aromatic N) is 1. The lowest BCUT2D eigenvalue weighted by atomic mass is 10.0. The summed E-state index contributed by atoms with van der Waals surface area (Å²) in [6.45, 7) is 4.97. The Morgan fingerprint density at radius 1 is 1.32 bits per heavy atom. The van der Waals surface area contributed by atoms with Crippen LogP contribution in [-0.4, -0.2) is 23.4 Å². The second-order valence-electron chi connectivity index (χ2n) is 5.51. The number of hydrogen-bond acceptors (Lipinski definition) is 2. The number of amides is 1. The first kappa shape index (κ1) is 13.8. The second kappa shape index (κ2) is 6.02. The predicted molar refractivity (Wildman–Crippen MR) is 77.5 cm³/mol. The molecule has 1 amide bonds. The molecule has 1 unspecified atom stereocenters. The van der Waals surface area contributed by atoms with Crippen molar-refractivity contribution in [3.63, 3.8) is 0 Å². The van der Waals surface area contributed by atoms with E-state index in [4.69, 9.17) is 5.73 Å². The average Bonchev–Trinajstić information content (AvgIpc) is 2.53. The summed E-state index contributed by atoms with van der Waals surface area (Å²) in [6, 6.07) is 9.72. The third-order valence-corrected chi connectivity index (χ3v) is 3.35. The average molecular weight is 258 g/mol. The van der Waals surface area contributed by atoms with Gasteiger partial charge in [-0.1, -0.05) is 56.3 Å². The van der Waals surface area contributed by atoms with Crippen molar-refractivity contribution in [2.24, 2.45) is 11.7 Å². The lowest BCUT2D eigenvalue weighted by molar-refractivity contribution is -0.134. The fourth-order valence-electron chi connectivity index (χ4n) is 2.45. The molecule has 2 N–H and O–H groups in total. The molecule has 0 spiro atoms. The van der Waals surface area contributed by atoms with E-state index in [1.165, 1.54) is 0 Å². The van der Waals surface area contributed by atoms with Crippen molar-refractivity contribution in [1.29, 1.82) is 0 Å². The van der Waals surface area contributed by atoms with E-state index in [2.05, 4.69) is 32.1 Å². The molecule has 3 heteroatoms. The van der Waals surface area contributed by atoms with Gasteiger partial charge in [0.05, 0.1) is 12.1 Å². The molecule has 2 rings (SSSR count). The minimum Gasteiger partial charge on any atom is -0.331 e. The van der Waals surface area contributed by atoms with Crippen molar-refractivity contribution in [3.8, 4) is 0 Å². The van der Waals surface area contributed by atoms with Gasteiger partial charge in [0.15, 0.2) is 0 Å². The molecule has 1 aromatic carbocycles. The smallest absolute Gasteiger partial charge is 0.240 e. The fraction of sp³-hybridized carbons (Fsp3) is 0.438. The molecule has 2 atom stereocenters. The Balaban J connectivity index is 2.34. The van der Waals surface area contributed by atoms with Gasteiger partial charge < -0.3 is 10.6 Å². The fourth-order valence-corrected chi connectivity index (χ4v) is 2.45. The zero-order chi connectivity index (χ0) is 13.8. The maximum Gasteiger partial charge on any atom is 0.240 e. The summed E-state index contributed by atoms with van der Waals surface area (Å²) in [7, 11) is 0. The Kier molecular flexibility index (Phi) is 4.38. The van der Waals surface area contributed by atoms with E-state index in [-0.39, 0.29) is 11.9 Å². The second-order valence-corrected chi connectivity index (χ2v) is 5.51. The summed E-state index contributed by atoms with van der Waals surface area (Å²) >= 11 is 0. The van der Waals surface area contributed by atoms with Crippen molar-refractivity contribution < 1.29 is 4.79 Å². The quantitative estimate of drug-likeness (QED) is 0.847. The van der Waals surface area contributed by atoms with Gasteiger partial charge in [0.1, 0.15) is 0 Å². The third kappa shape index (κ3) is 3.24. The first-order valence-electron chi connectivity index (χ1n) is 6.87. The Bertz CT molecular complexity index is 453. The van der Waals surface area contributed by atoms with Crippen molar-refractivity contribution in [3.05, 3.63) is 48.0 Å². The minimum atomic E-state index is -0.413. The molecule has 0 radical (unpaired) electrons. The summed E-state index contributed by atoms with van der Waals surface area (Å²) < 4.78 is 0. The van der Waals surface area contributed by atoms with Gasteiger partial charge in [-0.15, -0.1) is 0 Å². The topological polar surface area (TPSA) is 46.3 Å². The van der Waals surface area contributed by atoms with Crippen LogP contribution in [0.3, 0.4) is 0 Å². The number of carbonyl (C=O) groups excluding carboxylic acids is 1. The van der Waals surface area contributed by atoms with Gasteiger partial charge >= 0.3 is 0 Å². The van der Waals surface area contributed by atoms with Crippen LogP contribution in [0.5, 0.6) is 0 Å². The summed E-state index contributed by atoms with van der Waals surface area (Å²) in [4.78, 5) is 14.3. The van der Waals surface area contributed by atoms with Crippen LogP contribution in [0.2, 0.25) is 0 Å². The maximum absolute atomic E-state index is 12.4. The van der Waals surface area contributed by atoms with Gasteiger partial charge in [0.2, 0.25) is 5.91 Å². The molecule has 1 aliphatic rings. The SMILES string of the molecule is CC(C)CN1C(=O)C(N)CC=C[C@H]1c1ccccc1. The van der Waals surface area contributed by atoms with Gasteiger partial charge in [-0.05, 0) is 17.9 Å². The predicted octanol–water partition coefficient (Wildman–Crippen LogP) is 2.50. The lowest BCUT2D eigenvalue weighted by Crippen LogP contribution is -2.45. The van der Waals surface area contributed by atoms with E-state index in [9.17, 15) is 4.79 Å². The summed E-state index contributed by atoms with van der Waals surface area (Å²) in [5.74, 6) is 0.474. The van der Waals surface area contributed by atoms with Crippen LogP contribution in [0.15, 0.2) is 42.5 Å². The zero-order valence-electron chi connectivity index (χ0n) is 11.6. The molecule has 0 fully saturated rings. The Morgan fingerprint density at radius 3 is 2.63 bits per heavy atom. The minimum absolute atomic E-state index is 0.00431. The molecule has 0 aliphatic carbocycles. The molecule has 0 bridgehead atoms. The largest absolute Gasteiger partial charge is 0.331 e. The molecule has 1 aliphatic heterocycles.